The molecule has 0 bridgehead atoms. The molecule has 0 aliphatic rings. The molecule has 0 amide bonds. The van der Waals surface area contributed by atoms with Gasteiger partial charge in [0.05, 0.1) is 34.5 Å². The summed E-state index contributed by atoms with van der Waals surface area (Å²) in [4.78, 5) is 3.48. The number of anilines is 1. The van der Waals surface area contributed by atoms with Gasteiger partial charge in [-0.3, -0.25) is 9.71 Å². The molecule has 2 aromatic heterocycles. The Bertz CT molecular complexity index is 1080. The van der Waals surface area contributed by atoms with Crippen LogP contribution in [0.25, 0.3) is 0 Å². The molecule has 2 N–H and O–H groups in total. The summed E-state index contributed by atoms with van der Waals surface area (Å²) in [5, 5.41) is 0. The average Bonchev–Trinajstić information content (AvgIpc) is 3.14. The maximum absolute atomic E-state index is 12.5. The lowest BCUT2D eigenvalue weighted by Crippen LogP contribution is -2.23. The van der Waals surface area contributed by atoms with Crippen LogP contribution in [0, 0.1) is 0 Å². The zero-order chi connectivity index (χ0) is 18.6. The van der Waals surface area contributed by atoms with Gasteiger partial charge >= 0.3 is 0 Å². The highest BCUT2D eigenvalue weighted by Crippen LogP contribution is 2.19. The van der Waals surface area contributed by atoms with Gasteiger partial charge in [0.25, 0.3) is 10.0 Å². The van der Waals surface area contributed by atoms with Crippen molar-refractivity contribution in [2.45, 2.75) is 16.3 Å². The van der Waals surface area contributed by atoms with Crippen LogP contribution in [0.4, 0.5) is 5.69 Å². The summed E-state index contributed by atoms with van der Waals surface area (Å²) in [7, 11) is -7.86. The Balaban J connectivity index is 1.83. The van der Waals surface area contributed by atoms with Gasteiger partial charge in [0.2, 0.25) is 10.0 Å². The van der Waals surface area contributed by atoms with E-state index in [1.54, 1.807) is 18.2 Å². The fraction of sp³-hybridized carbons (Fsp3) is 0.0625. The van der Waals surface area contributed by atoms with Crippen molar-refractivity contribution in [3.05, 3.63) is 72.9 Å². The topological polar surface area (TPSA) is 118 Å². The van der Waals surface area contributed by atoms with E-state index in [0.29, 0.717) is 5.76 Å². The second-order valence-electron chi connectivity index (χ2n) is 5.23. The summed E-state index contributed by atoms with van der Waals surface area (Å²) in [6.45, 7) is -0.0414. The highest BCUT2D eigenvalue weighted by Gasteiger charge is 2.20. The van der Waals surface area contributed by atoms with Crippen LogP contribution in [-0.4, -0.2) is 21.8 Å². The number of hydrogen-bond donors (Lipinski definition) is 2. The number of benzene rings is 1. The van der Waals surface area contributed by atoms with E-state index in [2.05, 4.69) is 14.4 Å². The molecule has 0 fully saturated rings. The van der Waals surface area contributed by atoms with Crippen LogP contribution in [0.2, 0.25) is 0 Å². The molecule has 0 radical (unpaired) electrons. The molecule has 0 spiro atoms. The van der Waals surface area contributed by atoms with Crippen molar-refractivity contribution in [1.29, 1.82) is 0 Å². The number of nitrogens with zero attached hydrogens (tertiary/aromatic N) is 1. The molecule has 136 valence electrons. The maximum atomic E-state index is 12.5. The third-order valence-corrected chi connectivity index (χ3v) is 6.13. The van der Waals surface area contributed by atoms with Crippen LogP contribution >= 0.6 is 0 Å². The predicted octanol–water partition coefficient (Wildman–Crippen LogP) is 1.95. The summed E-state index contributed by atoms with van der Waals surface area (Å²) in [5.74, 6) is 0.440. The molecule has 0 aliphatic heterocycles. The van der Waals surface area contributed by atoms with Gasteiger partial charge in [-0.25, -0.2) is 21.6 Å². The number of pyridine rings is 1. The van der Waals surface area contributed by atoms with Crippen molar-refractivity contribution < 1.29 is 21.3 Å². The first-order valence-electron chi connectivity index (χ1n) is 7.42. The van der Waals surface area contributed by atoms with E-state index in [-0.39, 0.29) is 22.0 Å². The van der Waals surface area contributed by atoms with Crippen LogP contribution in [0.3, 0.4) is 0 Å². The quantitative estimate of drug-likeness (QED) is 0.633. The zero-order valence-electron chi connectivity index (χ0n) is 13.4. The number of hydrogen-bond acceptors (Lipinski definition) is 6. The Morgan fingerprint density at radius 1 is 0.923 bits per heavy atom. The lowest BCUT2D eigenvalue weighted by atomic mass is 10.4. The van der Waals surface area contributed by atoms with Crippen LogP contribution in [0.5, 0.6) is 0 Å². The first-order chi connectivity index (χ1) is 12.4. The SMILES string of the molecule is O=S(=O)(NCc1ccco1)c1cccc(S(=O)(=O)Nc2cccnc2)c1. The summed E-state index contributed by atoms with van der Waals surface area (Å²) in [6, 6.07) is 11.5. The van der Waals surface area contributed by atoms with Gasteiger partial charge in [-0.15, -0.1) is 0 Å². The Kier molecular flexibility index (Phi) is 5.07. The lowest BCUT2D eigenvalue weighted by molar-refractivity contribution is 0.498. The van der Waals surface area contributed by atoms with Gasteiger partial charge in [-0.05, 0) is 42.5 Å². The molecule has 26 heavy (non-hydrogen) atoms. The Morgan fingerprint density at radius 3 is 2.35 bits per heavy atom. The van der Waals surface area contributed by atoms with Crippen molar-refractivity contribution >= 4 is 25.7 Å². The van der Waals surface area contributed by atoms with Gasteiger partial charge in [-0.1, -0.05) is 6.07 Å². The first kappa shape index (κ1) is 18.1. The molecule has 0 unspecified atom stereocenters. The standard InChI is InChI=1S/C16H15N3O5S2/c20-25(21,18-12-14-5-3-9-24-14)15-6-1-7-16(10-15)26(22,23)19-13-4-2-8-17-11-13/h1-11,18-19H,12H2. The first-order valence-corrected chi connectivity index (χ1v) is 10.4. The molecule has 2 heterocycles. The normalized spacial score (nSPS) is 12.0. The molecular formula is C16H15N3O5S2. The molecule has 0 aliphatic carbocycles. The van der Waals surface area contributed by atoms with Gasteiger partial charge in [0, 0.05) is 6.20 Å². The van der Waals surface area contributed by atoms with Crippen molar-refractivity contribution in [1.82, 2.24) is 9.71 Å². The van der Waals surface area contributed by atoms with E-state index < -0.39 is 20.0 Å². The highest BCUT2D eigenvalue weighted by atomic mass is 32.2. The molecule has 10 heteroatoms. The van der Waals surface area contributed by atoms with E-state index in [4.69, 9.17) is 4.42 Å². The molecule has 3 aromatic rings. The maximum Gasteiger partial charge on any atom is 0.261 e. The average molecular weight is 393 g/mol. The molecule has 0 saturated carbocycles. The number of sulfonamides is 2. The Hall–Kier alpha value is -2.69. The van der Waals surface area contributed by atoms with Crippen LogP contribution in [0.1, 0.15) is 5.76 Å². The van der Waals surface area contributed by atoms with E-state index >= 15 is 0 Å². The Morgan fingerprint density at radius 2 is 1.69 bits per heavy atom. The minimum Gasteiger partial charge on any atom is -0.468 e. The highest BCUT2D eigenvalue weighted by molar-refractivity contribution is 7.93. The van der Waals surface area contributed by atoms with Crippen molar-refractivity contribution in [2.24, 2.45) is 0 Å². The molecule has 8 nitrogen and oxygen atoms in total. The van der Waals surface area contributed by atoms with Gasteiger partial charge in [-0.2, -0.15) is 0 Å². The fourth-order valence-electron chi connectivity index (χ4n) is 2.11. The third-order valence-electron chi connectivity index (χ3n) is 3.36. The van der Waals surface area contributed by atoms with E-state index in [0.717, 1.165) is 6.07 Å². The number of nitrogens with one attached hydrogen (secondary N) is 2. The lowest BCUT2D eigenvalue weighted by Gasteiger charge is -2.10. The molecule has 0 atom stereocenters. The van der Waals surface area contributed by atoms with Gasteiger partial charge < -0.3 is 4.42 Å². The minimum atomic E-state index is -3.96. The summed E-state index contributed by atoms with van der Waals surface area (Å²) in [5.41, 5.74) is 0.275. The van der Waals surface area contributed by atoms with Gasteiger partial charge in [0.1, 0.15) is 5.76 Å². The molecular weight excluding hydrogens is 378 g/mol. The third kappa shape index (κ3) is 4.28. The molecule has 1 aromatic carbocycles. The fourth-order valence-corrected chi connectivity index (χ4v) is 4.31. The largest absolute Gasteiger partial charge is 0.468 e. The monoisotopic (exact) mass is 393 g/mol. The number of aromatic nitrogens is 1. The van der Waals surface area contributed by atoms with E-state index in [1.165, 1.54) is 42.9 Å². The molecule has 0 saturated heterocycles. The summed E-state index contributed by atoms with van der Waals surface area (Å²) < 4.78 is 59.5. The number of rotatable bonds is 7. The van der Waals surface area contributed by atoms with Crippen LogP contribution < -0.4 is 9.44 Å². The van der Waals surface area contributed by atoms with Crippen molar-refractivity contribution in [2.75, 3.05) is 4.72 Å². The van der Waals surface area contributed by atoms with Crippen molar-refractivity contribution in [3.63, 3.8) is 0 Å². The zero-order valence-corrected chi connectivity index (χ0v) is 15.0. The van der Waals surface area contributed by atoms with Crippen LogP contribution in [-0.2, 0) is 26.6 Å². The minimum absolute atomic E-state index is 0.0414. The predicted molar refractivity (Wildman–Crippen MR) is 94.2 cm³/mol. The van der Waals surface area contributed by atoms with Crippen molar-refractivity contribution in [3.8, 4) is 0 Å². The summed E-state index contributed by atoms with van der Waals surface area (Å²) >= 11 is 0. The van der Waals surface area contributed by atoms with E-state index in [9.17, 15) is 16.8 Å². The van der Waals surface area contributed by atoms with E-state index in [1.807, 2.05) is 0 Å². The number of furan rings is 1. The Labute approximate surface area is 151 Å². The van der Waals surface area contributed by atoms with Crippen LogP contribution in [0.15, 0.2) is 81.4 Å². The smallest absolute Gasteiger partial charge is 0.261 e. The summed E-state index contributed by atoms with van der Waals surface area (Å²) in [6.07, 6.45) is 4.29. The van der Waals surface area contributed by atoms with Gasteiger partial charge in [0.15, 0.2) is 0 Å². The molecule has 3 rings (SSSR count). The second-order valence-corrected chi connectivity index (χ2v) is 8.68. The second kappa shape index (κ2) is 7.28.